The molecule has 0 radical (unpaired) electrons. The maximum atomic E-state index is 12.9. The second-order valence-electron chi connectivity index (χ2n) is 27.7. The van der Waals surface area contributed by atoms with E-state index in [2.05, 4.69) is 172 Å². The lowest BCUT2D eigenvalue weighted by molar-refractivity contribution is -0.870. The number of carbonyl (C=O) groups excluding carboxylic acids is 2. The highest BCUT2D eigenvalue weighted by atomic mass is 31.2. The van der Waals surface area contributed by atoms with Gasteiger partial charge in [-0.05, 0) is 122 Å². The van der Waals surface area contributed by atoms with E-state index in [9.17, 15) is 19.0 Å². The van der Waals surface area contributed by atoms with Gasteiger partial charge in [0.15, 0.2) is 6.10 Å². The van der Waals surface area contributed by atoms with Crippen LogP contribution in [0.3, 0.4) is 0 Å². The first-order valence-corrected chi connectivity index (χ1v) is 41.7. The van der Waals surface area contributed by atoms with Crippen molar-refractivity contribution in [1.29, 1.82) is 0 Å². The minimum Gasteiger partial charge on any atom is -0.756 e. The fourth-order valence-corrected chi connectivity index (χ4v) is 11.7. The highest BCUT2D eigenvalue weighted by Crippen LogP contribution is 2.38. The van der Waals surface area contributed by atoms with Crippen LogP contribution >= 0.6 is 7.82 Å². The standard InChI is InChI=1S/C88H150NO8P/c1-6-8-10-12-14-16-18-20-22-24-26-28-30-32-34-36-38-40-41-42-43-44-45-46-47-49-50-52-54-56-58-60-62-64-66-68-70-72-74-76-78-80-87(90)94-84-86(85-96-98(92,93)95-83-82-89(3,4)5)97-88(91)81-79-77-75-73-71-69-67-65-63-61-59-57-55-53-51-48-39-37-35-33-31-29-27-25-23-21-19-17-15-13-11-9-7-2/h8-11,14-17,20-23,26-29,32-35,38-40,48,53,55,86H,6-7,12-13,18-19,24-25,30-31,36-37,41-47,49-52,54,56-85H2,1-5H3/b10-8-,11-9-,16-14-,17-15-,22-20-,23-21-,28-26-,29-27-,34-32-,35-33-,40-38-,48-39-,55-53-. The second kappa shape index (κ2) is 76.8. The van der Waals surface area contributed by atoms with E-state index in [0.717, 1.165) is 128 Å². The third-order valence-electron chi connectivity index (χ3n) is 17.0. The van der Waals surface area contributed by atoms with Crippen molar-refractivity contribution in [1.82, 2.24) is 0 Å². The molecule has 0 aliphatic heterocycles. The predicted octanol–water partition coefficient (Wildman–Crippen LogP) is 26.4. The molecule has 2 atom stereocenters. The lowest BCUT2D eigenvalue weighted by Crippen LogP contribution is -2.37. The number of hydrogen-bond donors (Lipinski definition) is 0. The summed E-state index contributed by atoms with van der Waals surface area (Å²) >= 11 is 0. The Balaban J connectivity index is 3.97. The lowest BCUT2D eigenvalue weighted by Gasteiger charge is -2.28. The van der Waals surface area contributed by atoms with Crippen LogP contribution in [0.5, 0.6) is 0 Å². The van der Waals surface area contributed by atoms with Gasteiger partial charge in [-0.1, -0.05) is 358 Å². The van der Waals surface area contributed by atoms with Gasteiger partial charge in [-0.15, -0.1) is 0 Å². The van der Waals surface area contributed by atoms with Crippen LogP contribution in [-0.4, -0.2) is 70.0 Å². The van der Waals surface area contributed by atoms with Crippen molar-refractivity contribution in [2.75, 3.05) is 47.5 Å². The smallest absolute Gasteiger partial charge is 0.306 e. The third-order valence-corrected chi connectivity index (χ3v) is 18.0. The van der Waals surface area contributed by atoms with Crippen molar-refractivity contribution in [2.45, 2.75) is 341 Å². The van der Waals surface area contributed by atoms with Crippen LogP contribution in [0.1, 0.15) is 335 Å². The minimum atomic E-state index is -4.65. The van der Waals surface area contributed by atoms with Crippen LogP contribution in [0.2, 0.25) is 0 Å². The molecule has 0 bridgehead atoms. The summed E-state index contributed by atoms with van der Waals surface area (Å²) in [7, 11) is 1.16. The summed E-state index contributed by atoms with van der Waals surface area (Å²) in [6, 6.07) is 0. The number of allylic oxidation sites excluding steroid dienone is 26. The predicted molar refractivity (Wildman–Crippen MR) is 424 cm³/mol. The van der Waals surface area contributed by atoms with Crippen molar-refractivity contribution >= 4 is 19.8 Å². The number of phosphoric acid groups is 1. The Morgan fingerprint density at radius 2 is 0.551 bits per heavy atom. The minimum absolute atomic E-state index is 0.0360. The number of nitrogens with zero attached hydrogens (tertiary/aromatic N) is 1. The Labute approximate surface area is 605 Å². The van der Waals surface area contributed by atoms with Crippen LogP contribution in [-0.2, 0) is 32.7 Å². The molecule has 0 heterocycles. The third kappa shape index (κ3) is 80.6. The van der Waals surface area contributed by atoms with Crippen molar-refractivity contribution < 1.29 is 42.1 Å². The summed E-state index contributed by atoms with van der Waals surface area (Å²) in [5, 5.41) is 0. The summed E-state index contributed by atoms with van der Waals surface area (Å²) in [5.74, 6) is -0.831. The number of esters is 2. The van der Waals surface area contributed by atoms with Gasteiger partial charge in [0.2, 0.25) is 0 Å². The summed E-state index contributed by atoms with van der Waals surface area (Å²) in [6.45, 7) is 4.03. The van der Waals surface area contributed by atoms with Gasteiger partial charge in [0.25, 0.3) is 7.82 Å². The molecule has 0 amide bonds. The first-order chi connectivity index (χ1) is 48.0. The van der Waals surface area contributed by atoms with E-state index in [1.54, 1.807) is 0 Å². The average Bonchev–Trinajstić information content (AvgIpc) is 1.08. The number of ether oxygens (including phenoxy) is 2. The lowest BCUT2D eigenvalue weighted by atomic mass is 10.0. The Hall–Kier alpha value is -4.37. The number of likely N-dealkylation sites (N-methyl/N-ethyl adjacent to an activating group) is 1. The molecule has 560 valence electrons. The van der Waals surface area contributed by atoms with E-state index in [1.807, 2.05) is 21.1 Å². The first-order valence-electron chi connectivity index (χ1n) is 40.2. The van der Waals surface area contributed by atoms with Gasteiger partial charge in [0.05, 0.1) is 27.7 Å². The largest absolute Gasteiger partial charge is 0.756 e. The SMILES string of the molecule is CC/C=C\C/C=C\C/C=C\C/C=C\C/C=C\C/C=C\C/C=C\CCCCCCCCCCCCCC(=O)OC(COC(=O)CCCCCCCCCCCCCCCCCCCCCCCC/C=C\C/C=C\C/C=C\C/C=C\C/C=C\C/C=C\CC)COP(=O)([O-])OCC[N+](C)(C)C. The van der Waals surface area contributed by atoms with Crippen molar-refractivity contribution in [2.24, 2.45) is 0 Å². The topological polar surface area (TPSA) is 111 Å². The Morgan fingerprint density at radius 3 is 0.816 bits per heavy atom. The highest BCUT2D eigenvalue weighted by molar-refractivity contribution is 7.45. The molecule has 0 aliphatic rings. The van der Waals surface area contributed by atoms with Crippen LogP contribution in [0.4, 0.5) is 0 Å². The number of quaternary nitrogens is 1. The molecule has 2 unspecified atom stereocenters. The van der Waals surface area contributed by atoms with Gasteiger partial charge in [-0.25, -0.2) is 0 Å². The zero-order valence-electron chi connectivity index (χ0n) is 63.9. The first kappa shape index (κ1) is 93.6. The molecule has 0 aromatic rings. The van der Waals surface area contributed by atoms with Crippen LogP contribution < -0.4 is 4.89 Å². The summed E-state index contributed by atoms with van der Waals surface area (Å²) in [5.41, 5.74) is 0. The van der Waals surface area contributed by atoms with Crippen LogP contribution in [0.15, 0.2) is 158 Å². The van der Waals surface area contributed by atoms with E-state index in [0.29, 0.717) is 17.4 Å². The summed E-state index contributed by atoms with van der Waals surface area (Å²) < 4.78 is 34.4. The molecular formula is C88H150NO8P. The van der Waals surface area contributed by atoms with Gasteiger partial charge in [0, 0.05) is 12.8 Å². The number of carbonyl (C=O) groups is 2. The van der Waals surface area contributed by atoms with Crippen molar-refractivity contribution in [3.05, 3.63) is 158 Å². The fourth-order valence-electron chi connectivity index (χ4n) is 11.0. The molecule has 0 aromatic carbocycles. The fraction of sp³-hybridized carbons (Fsp3) is 0.682. The second-order valence-corrected chi connectivity index (χ2v) is 29.1. The molecule has 0 saturated heterocycles. The molecule has 9 nitrogen and oxygen atoms in total. The van der Waals surface area contributed by atoms with Crippen molar-refractivity contribution in [3.63, 3.8) is 0 Å². The Morgan fingerprint density at radius 1 is 0.316 bits per heavy atom. The molecular weight excluding hydrogens is 1230 g/mol. The zero-order chi connectivity index (χ0) is 71.1. The molecule has 0 rings (SSSR count). The van der Waals surface area contributed by atoms with Gasteiger partial charge >= 0.3 is 11.9 Å². The molecule has 10 heteroatoms. The van der Waals surface area contributed by atoms with E-state index in [-0.39, 0.29) is 32.0 Å². The monoisotopic (exact) mass is 1380 g/mol. The Kier molecular flexibility index (Phi) is 73.4. The molecule has 0 aliphatic carbocycles. The van der Waals surface area contributed by atoms with E-state index in [4.69, 9.17) is 18.5 Å². The molecule has 0 N–H and O–H groups in total. The molecule has 98 heavy (non-hydrogen) atoms. The zero-order valence-corrected chi connectivity index (χ0v) is 64.8. The summed E-state index contributed by atoms with van der Waals surface area (Å²) in [6.07, 6.45) is 115. The maximum Gasteiger partial charge on any atom is 0.306 e. The van der Waals surface area contributed by atoms with Crippen LogP contribution in [0.25, 0.3) is 0 Å². The van der Waals surface area contributed by atoms with E-state index < -0.39 is 26.5 Å². The van der Waals surface area contributed by atoms with E-state index >= 15 is 0 Å². The number of hydrogen-bond acceptors (Lipinski definition) is 8. The van der Waals surface area contributed by atoms with Crippen molar-refractivity contribution in [3.8, 4) is 0 Å². The molecule has 0 saturated carbocycles. The number of rotatable bonds is 73. The Bertz CT molecular complexity index is 2220. The van der Waals surface area contributed by atoms with Gasteiger partial charge in [-0.2, -0.15) is 0 Å². The number of unbranched alkanes of at least 4 members (excludes halogenated alkanes) is 33. The van der Waals surface area contributed by atoms with Gasteiger partial charge in [0.1, 0.15) is 19.8 Å². The van der Waals surface area contributed by atoms with Gasteiger partial charge < -0.3 is 27.9 Å². The van der Waals surface area contributed by atoms with Gasteiger partial charge in [-0.3, -0.25) is 14.2 Å². The molecule has 0 spiro atoms. The maximum absolute atomic E-state index is 12.9. The quantitative estimate of drug-likeness (QED) is 0.0195. The highest BCUT2D eigenvalue weighted by Gasteiger charge is 2.22. The molecule has 0 fully saturated rings. The summed E-state index contributed by atoms with van der Waals surface area (Å²) in [4.78, 5) is 38.2. The number of phosphoric ester groups is 1. The normalized spacial score (nSPS) is 13.9. The molecule has 0 aromatic heterocycles. The van der Waals surface area contributed by atoms with Crippen LogP contribution in [0, 0.1) is 0 Å². The van der Waals surface area contributed by atoms with E-state index in [1.165, 1.54) is 173 Å². The average molecular weight is 1380 g/mol.